The summed E-state index contributed by atoms with van der Waals surface area (Å²) < 4.78 is 131. The van der Waals surface area contributed by atoms with Gasteiger partial charge < -0.3 is 19.9 Å². The number of aryl methyl sites for hydroxylation is 2. The molecule has 0 saturated heterocycles. The molecule has 0 bridgehead atoms. The number of benzene rings is 2. The predicted molar refractivity (Wildman–Crippen MR) is 166 cm³/mol. The highest BCUT2D eigenvalue weighted by atomic mass is 19.4. The highest BCUT2D eigenvalue weighted by molar-refractivity contribution is 5.82. The molecule has 2 N–H and O–H groups in total. The molecule has 1 heterocycles. The Balaban J connectivity index is 2.29. The molecule has 3 aromatic rings. The predicted octanol–water partition coefficient (Wildman–Crippen LogP) is 7.61. The zero-order chi connectivity index (χ0) is 38.0. The molecule has 0 aliphatic heterocycles. The number of alkyl halides is 6. The second-order valence-corrected chi connectivity index (χ2v) is 12.7. The third kappa shape index (κ3) is 9.25. The summed E-state index contributed by atoms with van der Waals surface area (Å²) in [4.78, 5) is 40.4. The van der Waals surface area contributed by atoms with Crippen LogP contribution in [-0.4, -0.2) is 47.1 Å². The summed E-state index contributed by atoms with van der Waals surface area (Å²) in [6.07, 6.45) is -11.4. The summed E-state index contributed by atoms with van der Waals surface area (Å²) in [6, 6.07) is -1.72. The number of carbonyl (C=O) groups excluding carboxylic acids is 1. The van der Waals surface area contributed by atoms with Gasteiger partial charge in [-0.3, -0.25) is 14.4 Å². The quantitative estimate of drug-likeness (QED) is 0.188. The second kappa shape index (κ2) is 15.3. The zero-order valence-corrected chi connectivity index (χ0v) is 27.9. The number of nitrogens with one attached hydrogen (secondary N) is 1. The molecule has 0 aliphatic rings. The molecule has 0 spiro atoms. The zero-order valence-electron chi connectivity index (χ0n) is 27.9. The normalized spacial score (nSPS) is 13.5. The third-order valence-corrected chi connectivity index (χ3v) is 7.98. The van der Waals surface area contributed by atoms with E-state index in [-0.39, 0.29) is 47.7 Å². The van der Waals surface area contributed by atoms with Crippen LogP contribution in [0.3, 0.4) is 0 Å². The Morgan fingerprint density at radius 2 is 1.46 bits per heavy atom. The van der Waals surface area contributed by atoms with Gasteiger partial charge in [0, 0.05) is 29.9 Å². The van der Waals surface area contributed by atoms with Crippen LogP contribution in [0.4, 0.5) is 39.5 Å². The lowest BCUT2D eigenvalue weighted by molar-refractivity contribution is -0.140. The number of nitrogens with zero attached hydrogens (tertiary/aromatic N) is 2. The van der Waals surface area contributed by atoms with Crippen molar-refractivity contribution in [2.24, 2.45) is 5.92 Å². The van der Waals surface area contributed by atoms with Gasteiger partial charge in [-0.2, -0.15) is 26.3 Å². The Morgan fingerprint density at radius 3 is 1.94 bits per heavy atom. The van der Waals surface area contributed by atoms with Crippen molar-refractivity contribution >= 4 is 11.9 Å². The lowest BCUT2D eigenvalue weighted by Crippen LogP contribution is -2.41. The van der Waals surface area contributed by atoms with Crippen molar-refractivity contribution in [1.82, 2.24) is 14.8 Å². The minimum absolute atomic E-state index is 0.0327. The Kier molecular flexibility index (Phi) is 12.2. The largest absolute Gasteiger partial charge is 0.481 e. The molecule has 3 rings (SSSR count). The average Bonchev–Trinajstić information content (AvgIpc) is 2.94. The van der Waals surface area contributed by atoms with E-state index in [0.29, 0.717) is 10.6 Å². The van der Waals surface area contributed by atoms with Crippen molar-refractivity contribution in [1.29, 1.82) is 0 Å². The maximum atomic E-state index is 16.3. The molecule has 2 atom stereocenters. The number of carbonyl (C=O) groups is 2. The van der Waals surface area contributed by atoms with E-state index in [1.807, 2.05) is 0 Å². The maximum Gasteiger partial charge on any atom is 0.419 e. The van der Waals surface area contributed by atoms with Gasteiger partial charge in [-0.25, -0.2) is 13.2 Å². The lowest BCUT2D eigenvalue weighted by atomic mass is 9.89. The number of hydrogen-bond acceptors (Lipinski definition) is 4. The smallest absolute Gasteiger partial charge is 0.419 e. The molecule has 16 heteroatoms. The van der Waals surface area contributed by atoms with E-state index in [1.54, 1.807) is 32.8 Å². The topological polar surface area (TPSA) is 91.6 Å². The van der Waals surface area contributed by atoms with Gasteiger partial charge in [-0.15, -0.1) is 0 Å². The molecular weight excluding hydrogens is 685 g/mol. The SMILES string of the molecule is Cc1cc(F)cc(C)c1-c1cc(C(F)(F)F)c(F)c([C@H](CC(=O)O)NC(=O)C(CC(C)C)n2cc(CCN(C)C)c(C(F)(F)F)cc2=O)c1F. The van der Waals surface area contributed by atoms with Crippen molar-refractivity contribution in [2.45, 2.75) is 71.4 Å². The van der Waals surface area contributed by atoms with Gasteiger partial charge in [0.1, 0.15) is 23.5 Å². The summed E-state index contributed by atoms with van der Waals surface area (Å²) in [7, 11) is 3.19. The summed E-state index contributed by atoms with van der Waals surface area (Å²) >= 11 is 0. The van der Waals surface area contributed by atoms with Crippen molar-refractivity contribution < 1.29 is 54.2 Å². The van der Waals surface area contributed by atoms with Gasteiger partial charge in [-0.05, 0) is 87.2 Å². The number of hydrogen-bond donors (Lipinski definition) is 2. The first kappa shape index (κ1) is 40.1. The summed E-state index contributed by atoms with van der Waals surface area (Å²) in [5.74, 6) is -8.21. The van der Waals surface area contributed by atoms with Crippen molar-refractivity contribution in [3.05, 3.63) is 91.6 Å². The molecule has 1 aromatic heterocycles. The fourth-order valence-electron chi connectivity index (χ4n) is 5.79. The van der Waals surface area contributed by atoms with Crippen molar-refractivity contribution in [2.75, 3.05) is 20.6 Å². The number of aromatic nitrogens is 1. The van der Waals surface area contributed by atoms with Crippen molar-refractivity contribution in [3.63, 3.8) is 0 Å². The van der Waals surface area contributed by atoms with Crippen LogP contribution in [0.25, 0.3) is 11.1 Å². The molecule has 0 radical (unpaired) electrons. The fraction of sp³-hybridized carbons (Fsp3) is 0.441. The molecule has 7 nitrogen and oxygen atoms in total. The van der Waals surface area contributed by atoms with Crippen LogP contribution in [0.1, 0.15) is 72.2 Å². The molecule has 1 unspecified atom stereocenters. The first-order valence-electron chi connectivity index (χ1n) is 15.3. The number of carboxylic acid groups (broad SMARTS) is 1. The minimum atomic E-state index is -5.45. The molecule has 0 aliphatic carbocycles. The number of halogens is 9. The van der Waals surface area contributed by atoms with Crippen LogP contribution in [0.15, 0.2) is 35.3 Å². The Bertz CT molecular complexity index is 1790. The highest BCUT2D eigenvalue weighted by Crippen LogP contribution is 2.42. The van der Waals surface area contributed by atoms with Gasteiger partial charge in [-0.1, -0.05) is 13.8 Å². The van der Waals surface area contributed by atoms with Gasteiger partial charge in [0.25, 0.3) is 5.56 Å². The fourth-order valence-corrected chi connectivity index (χ4v) is 5.79. The molecule has 1 amide bonds. The molecule has 0 fully saturated rings. The standard InChI is InChI=1S/C34H36F9N3O4/c1-16(2)9-25(46-15-19(7-8-45(5)6)22(13-26(46)47)33(38,39)40)32(50)44-24(14-27(48)49)29-30(36)21(12-23(31(29)37)34(41,42)43)28-17(3)10-20(35)11-18(28)4/h10-13,15-16,24-25H,7-9,14H2,1-6H3,(H,44,50)(H,48,49)/t24-,25?/m0/s1. The average molecular weight is 722 g/mol. The van der Waals surface area contributed by atoms with Crippen LogP contribution in [0.2, 0.25) is 0 Å². The van der Waals surface area contributed by atoms with Crippen LogP contribution >= 0.6 is 0 Å². The minimum Gasteiger partial charge on any atom is -0.481 e. The van der Waals surface area contributed by atoms with Crippen molar-refractivity contribution in [3.8, 4) is 11.1 Å². The molecule has 2 aromatic carbocycles. The Labute approximate surface area is 281 Å². The molecule has 0 saturated carbocycles. The Morgan fingerprint density at radius 1 is 0.900 bits per heavy atom. The first-order valence-corrected chi connectivity index (χ1v) is 15.3. The molecule has 274 valence electrons. The number of likely N-dealkylation sites (N-methyl/N-ethyl adjacent to an activating group) is 1. The van der Waals surface area contributed by atoms with E-state index < -0.39 is 93.9 Å². The van der Waals surface area contributed by atoms with E-state index >= 15 is 8.78 Å². The first-order chi connectivity index (χ1) is 22.9. The highest BCUT2D eigenvalue weighted by Gasteiger charge is 2.41. The summed E-state index contributed by atoms with van der Waals surface area (Å²) in [5.41, 5.74) is -7.51. The van der Waals surface area contributed by atoms with E-state index in [4.69, 9.17) is 0 Å². The monoisotopic (exact) mass is 721 g/mol. The van der Waals surface area contributed by atoms with E-state index in [1.165, 1.54) is 13.8 Å². The van der Waals surface area contributed by atoms with Gasteiger partial charge in [0.05, 0.1) is 23.6 Å². The molecular formula is C34H36F9N3O4. The van der Waals surface area contributed by atoms with E-state index in [9.17, 15) is 50.2 Å². The van der Waals surface area contributed by atoms with Crippen LogP contribution in [0, 0.1) is 37.2 Å². The van der Waals surface area contributed by atoms with Crippen LogP contribution in [0.5, 0.6) is 0 Å². The summed E-state index contributed by atoms with van der Waals surface area (Å²) in [5, 5.41) is 11.7. The van der Waals surface area contributed by atoms with Gasteiger partial charge >= 0.3 is 18.3 Å². The van der Waals surface area contributed by atoms with E-state index in [0.717, 1.165) is 18.3 Å². The number of pyridine rings is 1. The summed E-state index contributed by atoms with van der Waals surface area (Å²) in [6.45, 7) is 5.81. The van der Waals surface area contributed by atoms with Crippen LogP contribution < -0.4 is 10.9 Å². The maximum absolute atomic E-state index is 16.3. The number of aliphatic carboxylic acids is 1. The lowest BCUT2D eigenvalue weighted by Gasteiger charge is -2.27. The number of amides is 1. The molecule has 50 heavy (non-hydrogen) atoms. The third-order valence-electron chi connectivity index (χ3n) is 7.98. The Hall–Kier alpha value is -4.34. The van der Waals surface area contributed by atoms with Gasteiger partial charge in [0.2, 0.25) is 5.91 Å². The second-order valence-electron chi connectivity index (χ2n) is 12.7. The number of carboxylic acids is 1. The van der Waals surface area contributed by atoms with Crippen LogP contribution in [-0.2, 0) is 28.4 Å². The van der Waals surface area contributed by atoms with E-state index in [2.05, 4.69) is 5.32 Å². The number of rotatable bonds is 12. The van der Waals surface area contributed by atoms with Gasteiger partial charge in [0.15, 0.2) is 0 Å².